The number of esters is 1. The van der Waals surface area contributed by atoms with Crippen LogP contribution in [0.2, 0.25) is 0 Å². The second-order valence-corrected chi connectivity index (χ2v) is 2.22. The number of hydroxylamine groups is 2. The molecule has 0 aliphatic rings. The third kappa shape index (κ3) is 3.44. The zero-order chi connectivity index (χ0) is 9.78. The molecule has 0 rings (SSSR count). The fourth-order valence-electron chi connectivity index (χ4n) is 0.358. The number of rotatable bonds is 3. The molecule has 2 N–H and O–H groups in total. The average molecular weight is 176 g/mol. The number of carbonyl (C=O) groups excluding carboxylic acids is 1. The Morgan fingerprint density at radius 2 is 2.25 bits per heavy atom. The summed E-state index contributed by atoms with van der Waals surface area (Å²) in [6.45, 7) is 1.01. The summed E-state index contributed by atoms with van der Waals surface area (Å²) in [5.41, 5.74) is -2.12. The van der Waals surface area contributed by atoms with Gasteiger partial charge in [-0.15, -0.1) is 0 Å². The number of methoxy groups -OCH3 is 1. The average Bonchev–Trinajstić information content (AvgIpc) is 2.00. The van der Waals surface area contributed by atoms with E-state index in [1.807, 2.05) is 0 Å². The largest absolute Gasteiger partial charge is 0.760 e. The summed E-state index contributed by atoms with van der Waals surface area (Å²) in [6.07, 6.45) is 1.65. The lowest BCUT2D eigenvalue weighted by molar-refractivity contribution is -0.195. The van der Waals surface area contributed by atoms with Gasteiger partial charge in [0, 0.05) is 6.08 Å². The summed E-state index contributed by atoms with van der Waals surface area (Å²) in [6, 6.07) is 0. The molecule has 0 saturated carbocycles. The first-order chi connectivity index (χ1) is 5.40. The van der Waals surface area contributed by atoms with Crippen LogP contribution in [0.4, 0.5) is 0 Å². The Balaban J connectivity index is 4.23. The normalized spacial score (nSPS) is 16.5. The van der Waals surface area contributed by atoms with Gasteiger partial charge in [0.05, 0.1) is 7.11 Å². The molecule has 0 heterocycles. The molecule has 6 nitrogen and oxygen atoms in total. The van der Waals surface area contributed by atoms with Gasteiger partial charge in [-0.1, -0.05) is 0 Å². The van der Waals surface area contributed by atoms with Crippen LogP contribution in [-0.4, -0.2) is 34.3 Å². The fourth-order valence-corrected chi connectivity index (χ4v) is 0.358. The van der Waals surface area contributed by atoms with Gasteiger partial charge in [0.2, 0.25) is 0 Å². The molecule has 1 unspecified atom stereocenters. The van der Waals surface area contributed by atoms with Gasteiger partial charge in [-0.3, -0.25) is 0 Å². The molecule has 0 radical (unpaired) electrons. The highest BCUT2D eigenvalue weighted by molar-refractivity contribution is 5.81. The van der Waals surface area contributed by atoms with Crippen molar-refractivity contribution in [2.24, 2.45) is 0 Å². The zero-order valence-electron chi connectivity index (χ0n) is 6.72. The van der Waals surface area contributed by atoms with E-state index in [9.17, 15) is 10.0 Å². The van der Waals surface area contributed by atoms with Gasteiger partial charge in [-0.25, -0.2) is 10.0 Å². The number of hydrogen-bond donors (Lipinski definition) is 2. The van der Waals surface area contributed by atoms with E-state index in [1.165, 1.54) is 0 Å². The summed E-state index contributed by atoms with van der Waals surface area (Å²) in [5.74, 6) is -0.725. The van der Waals surface area contributed by atoms with E-state index in [0.717, 1.165) is 26.2 Å². The Morgan fingerprint density at radius 3 is 2.58 bits per heavy atom. The first-order valence-corrected chi connectivity index (χ1v) is 3.06. The summed E-state index contributed by atoms with van der Waals surface area (Å²) in [4.78, 5) is 10.5. The number of carbonyl (C=O) groups is 1. The van der Waals surface area contributed by atoms with Crippen LogP contribution in [0.25, 0.3) is 0 Å². The molecule has 0 aromatic carbocycles. The minimum atomic E-state index is -2.12. The molecule has 0 spiro atoms. The SMILES string of the molecule is COC(=O)/C=C/C(C)(O)N([O-])O. The van der Waals surface area contributed by atoms with Crippen molar-refractivity contribution in [3.8, 4) is 0 Å². The van der Waals surface area contributed by atoms with Crippen molar-refractivity contribution in [1.82, 2.24) is 5.23 Å². The summed E-state index contributed by atoms with van der Waals surface area (Å²) < 4.78 is 4.19. The molecule has 6 heteroatoms. The van der Waals surface area contributed by atoms with Crippen molar-refractivity contribution >= 4 is 5.97 Å². The van der Waals surface area contributed by atoms with Gasteiger partial charge in [0.25, 0.3) is 0 Å². The quantitative estimate of drug-likeness (QED) is 0.263. The monoisotopic (exact) mass is 176 g/mol. The lowest BCUT2D eigenvalue weighted by Crippen LogP contribution is -2.38. The Morgan fingerprint density at radius 1 is 1.75 bits per heavy atom. The van der Waals surface area contributed by atoms with Crippen LogP contribution in [0.3, 0.4) is 0 Å². The van der Waals surface area contributed by atoms with E-state index in [1.54, 1.807) is 0 Å². The van der Waals surface area contributed by atoms with Crippen molar-refractivity contribution in [3.05, 3.63) is 17.4 Å². The summed E-state index contributed by atoms with van der Waals surface area (Å²) in [7, 11) is 1.15. The number of nitrogens with zero attached hydrogens (tertiary/aromatic N) is 1. The number of ether oxygens (including phenoxy) is 1. The van der Waals surface area contributed by atoms with Crippen LogP contribution >= 0.6 is 0 Å². The molecule has 0 bridgehead atoms. The van der Waals surface area contributed by atoms with Gasteiger partial charge < -0.3 is 20.3 Å². The van der Waals surface area contributed by atoms with Gasteiger partial charge in [-0.05, 0) is 13.0 Å². The van der Waals surface area contributed by atoms with Crippen LogP contribution in [0.5, 0.6) is 0 Å². The maximum absolute atomic E-state index is 10.5. The molecule has 0 aromatic heterocycles. The summed E-state index contributed by atoms with van der Waals surface area (Å²) >= 11 is 0. The molecular formula is C6H10NO5-. The standard InChI is InChI=1S/C6H10NO5/c1-6(9,7(10)11)4-3-5(8)12-2/h3-4,9-10H,1-2H3/q-1/b4-3+. The Kier molecular flexibility index (Phi) is 3.84. The Hall–Kier alpha value is -0.950. The van der Waals surface area contributed by atoms with Crippen LogP contribution in [0.1, 0.15) is 6.92 Å². The number of aliphatic hydroxyl groups is 1. The minimum Gasteiger partial charge on any atom is -0.760 e. The molecule has 0 aromatic rings. The predicted molar refractivity (Wildman–Crippen MR) is 38.8 cm³/mol. The van der Waals surface area contributed by atoms with Crippen LogP contribution in [0, 0.1) is 5.21 Å². The Labute approximate surface area is 69.2 Å². The van der Waals surface area contributed by atoms with Crippen molar-refractivity contribution in [3.63, 3.8) is 0 Å². The second-order valence-electron chi connectivity index (χ2n) is 2.22. The van der Waals surface area contributed by atoms with Crippen molar-refractivity contribution < 1.29 is 19.8 Å². The van der Waals surface area contributed by atoms with Crippen LogP contribution < -0.4 is 0 Å². The third-order valence-electron chi connectivity index (χ3n) is 1.12. The maximum Gasteiger partial charge on any atom is 0.330 e. The van der Waals surface area contributed by atoms with Crippen LogP contribution in [0.15, 0.2) is 12.2 Å². The van der Waals surface area contributed by atoms with E-state index in [2.05, 4.69) is 4.74 Å². The molecule has 0 amide bonds. The molecule has 0 fully saturated rings. The van der Waals surface area contributed by atoms with Crippen molar-refractivity contribution in [2.75, 3.05) is 7.11 Å². The minimum absolute atomic E-state index is 0.674. The van der Waals surface area contributed by atoms with Gasteiger partial charge in [0.1, 0.15) is 5.72 Å². The summed E-state index contributed by atoms with van der Waals surface area (Å²) in [5, 5.41) is 26.8. The highest BCUT2D eigenvalue weighted by atomic mass is 16.8. The van der Waals surface area contributed by atoms with E-state index < -0.39 is 16.9 Å². The topological polar surface area (TPSA) is 93.1 Å². The lowest BCUT2D eigenvalue weighted by atomic mass is 10.2. The molecule has 0 aliphatic carbocycles. The van der Waals surface area contributed by atoms with E-state index >= 15 is 0 Å². The number of hydrogen-bond acceptors (Lipinski definition) is 6. The van der Waals surface area contributed by atoms with Gasteiger partial charge in [0.15, 0.2) is 0 Å². The molecule has 0 aliphatic heterocycles. The Bertz CT molecular complexity index is 186. The van der Waals surface area contributed by atoms with E-state index in [4.69, 9.17) is 10.3 Å². The molecule has 70 valence electrons. The molecule has 12 heavy (non-hydrogen) atoms. The van der Waals surface area contributed by atoms with E-state index in [0.29, 0.717) is 0 Å². The van der Waals surface area contributed by atoms with Crippen molar-refractivity contribution in [1.29, 1.82) is 0 Å². The van der Waals surface area contributed by atoms with Gasteiger partial charge in [-0.2, -0.15) is 0 Å². The van der Waals surface area contributed by atoms with E-state index in [-0.39, 0.29) is 0 Å². The predicted octanol–water partition coefficient (Wildman–Crippen LogP) is -0.387. The smallest absolute Gasteiger partial charge is 0.330 e. The van der Waals surface area contributed by atoms with Gasteiger partial charge >= 0.3 is 5.97 Å². The molecule has 1 atom stereocenters. The second kappa shape index (κ2) is 4.17. The fraction of sp³-hybridized carbons (Fsp3) is 0.500. The zero-order valence-corrected chi connectivity index (χ0v) is 6.72. The molecular weight excluding hydrogens is 166 g/mol. The third-order valence-corrected chi connectivity index (χ3v) is 1.12. The first-order valence-electron chi connectivity index (χ1n) is 3.06. The van der Waals surface area contributed by atoms with Crippen LogP contribution in [-0.2, 0) is 9.53 Å². The lowest BCUT2D eigenvalue weighted by Gasteiger charge is -2.33. The highest BCUT2D eigenvalue weighted by Crippen LogP contribution is 2.08. The molecule has 0 saturated heterocycles. The van der Waals surface area contributed by atoms with Crippen molar-refractivity contribution in [2.45, 2.75) is 12.6 Å². The highest BCUT2D eigenvalue weighted by Gasteiger charge is 2.17. The maximum atomic E-state index is 10.5. The first kappa shape index (κ1) is 11.1.